The highest BCUT2D eigenvalue weighted by atomic mass is 19.4. The number of benzene rings is 1. The molecule has 8 heteroatoms. The molecule has 1 unspecified atom stereocenters. The van der Waals surface area contributed by atoms with Gasteiger partial charge >= 0.3 is 12.1 Å². The molecule has 5 nitrogen and oxygen atoms in total. The van der Waals surface area contributed by atoms with Crippen LogP contribution in [-0.2, 0) is 15.1 Å². The van der Waals surface area contributed by atoms with Gasteiger partial charge < -0.3 is 19.3 Å². The third-order valence-corrected chi connectivity index (χ3v) is 2.80. The number of alkyl halides is 3. The van der Waals surface area contributed by atoms with Crippen molar-refractivity contribution >= 4 is 5.97 Å². The first-order valence-electron chi connectivity index (χ1n) is 5.32. The highest BCUT2D eigenvalue weighted by molar-refractivity contribution is 5.81. The Morgan fingerprint density at radius 3 is 2.00 bits per heavy atom. The molecule has 0 aliphatic heterocycles. The number of carbonyl (C=O) groups is 1. The predicted molar refractivity (Wildman–Crippen MR) is 61.9 cm³/mol. The summed E-state index contributed by atoms with van der Waals surface area (Å²) in [4.78, 5) is 11.1. The average molecular weight is 294 g/mol. The molecule has 20 heavy (non-hydrogen) atoms. The van der Waals surface area contributed by atoms with Crippen molar-refractivity contribution in [2.45, 2.75) is 11.8 Å². The van der Waals surface area contributed by atoms with Crippen LogP contribution in [0, 0.1) is 0 Å². The Hall–Kier alpha value is -1.96. The van der Waals surface area contributed by atoms with Crippen LogP contribution >= 0.6 is 0 Å². The number of halogens is 3. The molecule has 0 heterocycles. The van der Waals surface area contributed by atoms with Crippen LogP contribution in [0.1, 0.15) is 5.56 Å². The Kier molecular flexibility index (Phi) is 4.49. The van der Waals surface area contributed by atoms with E-state index in [9.17, 15) is 18.0 Å². The molecule has 0 aromatic heterocycles. The zero-order chi connectivity index (χ0) is 15.6. The van der Waals surface area contributed by atoms with Crippen LogP contribution in [0.2, 0.25) is 0 Å². The van der Waals surface area contributed by atoms with E-state index >= 15 is 0 Å². The Morgan fingerprint density at radius 1 is 1.10 bits per heavy atom. The molecule has 0 radical (unpaired) electrons. The first kappa shape index (κ1) is 16.1. The van der Waals surface area contributed by atoms with Crippen molar-refractivity contribution in [2.75, 3.05) is 21.3 Å². The molecule has 1 atom stereocenters. The maximum absolute atomic E-state index is 13.2. The maximum Gasteiger partial charge on any atom is 0.432 e. The topological polar surface area (TPSA) is 65.0 Å². The standard InChI is InChI=1S/C12H13F3O5/c1-18-8-5-4-7(6-9(8)19-2)11(20-3,10(16)17)12(13,14)15/h4-6H,1-3H3,(H,16,17). The van der Waals surface area contributed by atoms with Gasteiger partial charge in [-0.25, -0.2) is 4.79 Å². The summed E-state index contributed by atoms with van der Waals surface area (Å²) in [5.41, 5.74) is -4.08. The summed E-state index contributed by atoms with van der Waals surface area (Å²) in [7, 11) is 3.21. The zero-order valence-electron chi connectivity index (χ0n) is 10.9. The van der Waals surface area contributed by atoms with Crippen molar-refractivity contribution in [2.24, 2.45) is 0 Å². The molecular formula is C12H13F3O5. The van der Waals surface area contributed by atoms with Gasteiger partial charge in [0.2, 0.25) is 0 Å². The molecule has 0 amide bonds. The number of aliphatic carboxylic acids is 1. The van der Waals surface area contributed by atoms with Gasteiger partial charge in [0, 0.05) is 12.7 Å². The van der Waals surface area contributed by atoms with Gasteiger partial charge in [-0.15, -0.1) is 0 Å². The minimum absolute atomic E-state index is 0.0306. The van der Waals surface area contributed by atoms with Crippen LogP contribution in [0.3, 0.4) is 0 Å². The van der Waals surface area contributed by atoms with Crippen LogP contribution in [0.5, 0.6) is 11.5 Å². The molecule has 0 aliphatic carbocycles. The second-order valence-electron chi connectivity index (χ2n) is 3.76. The minimum atomic E-state index is -5.15. The Labute approximate surface area is 112 Å². The summed E-state index contributed by atoms with van der Waals surface area (Å²) in [5, 5.41) is 8.99. The smallest absolute Gasteiger partial charge is 0.432 e. The first-order chi connectivity index (χ1) is 9.24. The largest absolute Gasteiger partial charge is 0.493 e. The molecule has 1 aromatic rings. The molecule has 1 aromatic carbocycles. The normalized spacial score (nSPS) is 14.5. The van der Waals surface area contributed by atoms with Crippen molar-refractivity contribution < 1.29 is 37.3 Å². The van der Waals surface area contributed by atoms with E-state index in [4.69, 9.17) is 14.6 Å². The summed E-state index contributed by atoms with van der Waals surface area (Å²) in [6, 6.07) is 3.06. The highest BCUT2D eigenvalue weighted by Crippen LogP contribution is 2.44. The van der Waals surface area contributed by atoms with Gasteiger partial charge in [0.1, 0.15) is 0 Å². The lowest BCUT2D eigenvalue weighted by molar-refractivity contribution is -0.273. The number of hydrogen-bond donors (Lipinski definition) is 1. The van der Waals surface area contributed by atoms with Crippen LogP contribution in [0.15, 0.2) is 18.2 Å². The third kappa shape index (κ3) is 2.38. The minimum Gasteiger partial charge on any atom is -0.493 e. The molecule has 0 bridgehead atoms. The van der Waals surface area contributed by atoms with E-state index in [1.165, 1.54) is 20.3 Å². The molecular weight excluding hydrogens is 281 g/mol. The lowest BCUT2D eigenvalue weighted by Crippen LogP contribution is -2.50. The van der Waals surface area contributed by atoms with Crippen LogP contribution in [0.4, 0.5) is 13.2 Å². The number of methoxy groups -OCH3 is 3. The van der Waals surface area contributed by atoms with Crippen LogP contribution in [-0.4, -0.2) is 38.6 Å². The monoisotopic (exact) mass is 294 g/mol. The molecule has 0 saturated carbocycles. The fourth-order valence-corrected chi connectivity index (χ4v) is 1.78. The molecule has 1 N–H and O–H groups in total. The summed E-state index contributed by atoms with van der Waals surface area (Å²) in [6.07, 6.45) is -5.15. The molecule has 112 valence electrons. The van der Waals surface area contributed by atoms with Gasteiger partial charge in [-0.1, -0.05) is 6.07 Å². The molecule has 0 saturated heterocycles. The quantitative estimate of drug-likeness (QED) is 0.901. The van der Waals surface area contributed by atoms with E-state index in [-0.39, 0.29) is 11.5 Å². The molecule has 0 spiro atoms. The first-order valence-corrected chi connectivity index (χ1v) is 5.32. The lowest BCUT2D eigenvalue weighted by Gasteiger charge is -2.30. The number of hydrogen-bond acceptors (Lipinski definition) is 4. The second kappa shape index (κ2) is 5.58. The lowest BCUT2D eigenvalue weighted by atomic mass is 9.92. The third-order valence-electron chi connectivity index (χ3n) is 2.80. The Balaban J connectivity index is 3.55. The van der Waals surface area contributed by atoms with Crippen molar-refractivity contribution in [1.29, 1.82) is 0 Å². The molecule has 0 aliphatic rings. The Morgan fingerprint density at radius 2 is 1.65 bits per heavy atom. The van der Waals surface area contributed by atoms with E-state index in [0.717, 1.165) is 12.1 Å². The summed E-state index contributed by atoms with van der Waals surface area (Å²) in [5.74, 6) is -2.02. The van der Waals surface area contributed by atoms with Crippen molar-refractivity contribution in [3.8, 4) is 11.5 Å². The summed E-state index contributed by atoms with van der Waals surface area (Å²) >= 11 is 0. The van der Waals surface area contributed by atoms with Crippen LogP contribution < -0.4 is 9.47 Å². The molecule has 0 fully saturated rings. The average Bonchev–Trinajstić information content (AvgIpc) is 2.37. The van der Waals surface area contributed by atoms with Gasteiger partial charge in [0.05, 0.1) is 14.2 Å². The number of rotatable bonds is 5. The van der Waals surface area contributed by atoms with Gasteiger partial charge in [0.15, 0.2) is 11.5 Å². The SMILES string of the molecule is COc1ccc(C(OC)(C(=O)O)C(F)(F)F)cc1OC. The van der Waals surface area contributed by atoms with E-state index in [0.29, 0.717) is 7.11 Å². The van der Waals surface area contributed by atoms with Gasteiger partial charge in [-0.3, -0.25) is 0 Å². The fraction of sp³-hybridized carbons (Fsp3) is 0.417. The number of ether oxygens (including phenoxy) is 3. The highest BCUT2D eigenvalue weighted by Gasteiger charge is 2.63. The zero-order valence-corrected chi connectivity index (χ0v) is 10.9. The number of carboxylic acids is 1. The van der Waals surface area contributed by atoms with E-state index in [2.05, 4.69) is 4.74 Å². The van der Waals surface area contributed by atoms with E-state index in [1.54, 1.807) is 0 Å². The van der Waals surface area contributed by atoms with Gasteiger partial charge in [-0.2, -0.15) is 13.2 Å². The van der Waals surface area contributed by atoms with Crippen LogP contribution in [0.25, 0.3) is 0 Å². The maximum atomic E-state index is 13.2. The molecule has 1 rings (SSSR count). The fourth-order valence-electron chi connectivity index (χ4n) is 1.78. The van der Waals surface area contributed by atoms with E-state index < -0.39 is 23.3 Å². The second-order valence-corrected chi connectivity index (χ2v) is 3.76. The predicted octanol–water partition coefficient (Wildman–Crippen LogP) is 2.19. The van der Waals surface area contributed by atoms with E-state index in [1.807, 2.05) is 0 Å². The summed E-state index contributed by atoms with van der Waals surface area (Å²) < 4.78 is 53.5. The Bertz CT molecular complexity index is 500. The van der Waals surface area contributed by atoms with Gasteiger partial charge in [-0.05, 0) is 12.1 Å². The van der Waals surface area contributed by atoms with Crippen molar-refractivity contribution in [3.63, 3.8) is 0 Å². The number of carboxylic acid groups (broad SMARTS) is 1. The van der Waals surface area contributed by atoms with Gasteiger partial charge in [0.25, 0.3) is 5.60 Å². The summed E-state index contributed by atoms with van der Waals surface area (Å²) in [6.45, 7) is 0. The van der Waals surface area contributed by atoms with Crippen molar-refractivity contribution in [1.82, 2.24) is 0 Å². The van der Waals surface area contributed by atoms with Crippen molar-refractivity contribution in [3.05, 3.63) is 23.8 Å².